The second-order valence-corrected chi connectivity index (χ2v) is 7.74. The van der Waals surface area contributed by atoms with Crippen molar-refractivity contribution in [1.82, 2.24) is 0 Å². The number of ether oxygens (including phenoxy) is 1. The van der Waals surface area contributed by atoms with Crippen molar-refractivity contribution in [3.05, 3.63) is 0 Å². The van der Waals surface area contributed by atoms with E-state index in [4.69, 9.17) is 9.84 Å². The van der Waals surface area contributed by atoms with Gasteiger partial charge < -0.3 is 9.84 Å². The molecule has 138 valence electrons. The predicted octanol–water partition coefficient (Wildman–Crippen LogP) is 5.24. The maximum Gasteiger partial charge on any atom is 0.306 e. The Balaban J connectivity index is 1.94. The van der Waals surface area contributed by atoms with E-state index in [2.05, 4.69) is 0 Å². The lowest BCUT2D eigenvalue weighted by atomic mass is 9.76. The average Bonchev–Trinajstić information content (AvgIpc) is 2.95. The van der Waals surface area contributed by atoms with Crippen LogP contribution in [0.15, 0.2) is 0 Å². The van der Waals surface area contributed by atoms with Gasteiger partial charge in [0.05, 0.1) is 0 Å². The van der Waals surface area contributed by atoms with Crippen LogP contribution in [0.5, 0.6) is 0 Å². The summed E-state index contributed by atoms with van der Waals surface area (Å²) in [7, 11) is 0. The molecule has 4 nitrogen and oxygen atoms in total. The molecular formula is C20H34O4. The monoisotopic (exact) mass is 338 g/mol. The number of hydrogen-bond donors (Lipinski definition) is 1. The first kappa shape index (κ1) is 19.3. The molecule has 0 bridgehead atoms. The number of carboxylic acid groups (broad SMARTS) is 1. The SMILES string of the molecule is O=C(O)CCCCC(=O)OC1(C2CCCCCC2)CCCCCC1. The molecule has 0 amide bonds. The fourth-order valence-electron chi connectivity index (χ4n) is 4.55. The first-order valence-corrected chi connectivity index (χ1v) is 10.1. The van der Waals surface area contributed by atoms with E-state index < -0.39 is 5.97 Å². The minimum Gasteiger partial charge on any atom is -0.481 e. The Hall–Kier alpha value is -1.06. The van der Waals surface area contributed by atoms with Crippen molar-refractivity contribution in [3.8, 4) is 0 Å². The van der Waals surface area contributed by atoms with Gasteiger partial charge in [-0.2, -0.15) is 0 Å². The van der Waals surface area contributed by atoms with Crippen LogP contribution >= 0.6 is 0 Å². The number of aliphatic carboxylic acids is 1. The fraction of sp³-hybridized carbons (Fsp3) is 0.900. The Bertz CT molecular complexity index is 388. The lowest BCUT2D eigenvalue weighted by Crippen LogP contribution is -2.42. The highest BCUT2D eigenvalue weighted by Gasteiger charge is 2.42. The van der Waals surface area contributed by atoms with E-state index in [1.165, 1.54) is 64.2 Å². The molecule has 0 atom stereocenters. The van der Waals surface area contributed by atoms with Gasteiger partial charge in [0.2, 0.25) is 0 Å². The molecule has 0 unspecified atom stereocenters. The Morgan fingerprint density at radius 1 is 0.833 bits per heavy atom. The molecule has 0 spiro atoms. The molecule has 4 heteroatoms. The topological polar surface area (TPSA) is 63.6 Å². The summed E-state index contributed by atoms with van der Waals surface area (Å²) in [6.45, 7) is 0. The molecular weight excluding hydrogens is 304 g/mol. The van der Waals surface area contributed by atoms with E-state index in [9.17, 15) is 9.59 Å². The zero-order valence-corrected chi connectivity index (χ0v) is 15.1. The molecule has 2 saturated carbocycles. The number of carboxylic acids is 1. The second-order valence-electron chi connectivity index (χ2n) is 7.74. The molecule has 0 heterocycles. The number of hydrogen-bond acceptors (Lipinski definition) is 3. The Labute approximate surface area is 146 Å². The largest absolute Gasteiger partial charge is 0.481 e. The minimum atomic E-state index is -0.790. The zero-order chi connectivity index (χ0) is 17.3. The van der Waals surface area contributed by atoms with Gasteiger partial charge in [-0.1, -0.05) is 38.5 Å². The van der Waals surface area contributed by atoms with Crippen LogP contribution in [0.2, 0.25) is 0 Å². The molecule has 0 aromatic rings. The molecule has 2 aliphatic rings. The molecule has 0 aliphatic heterocycles. The standard InChI is InChI=1S/C20H34O4/c21-18(22)13-7-8-14-19(23)24-20(15-9-3-4-10-16-20)17-11-5-1-2-6-12-17/h17H,1-16H2,(H,21,22). The third kappa shape index (κ3) is 6.10. The molecule has 0 saturated heterocycles. The van der Waals surface area contributed by atoms with Gasteiger partial charge in [-0.3, -0.25) is 9.59 Å². The lowest BCUT2D eigenvalue weighted by molar-refractivity contribution is -0.170. The van der Waals surface area contributed by atoms with Gasteiger partial charge in [-0.05, 0) is 57.3 Å². The normalized spacial score (nSPS) is 22.3. The van der Waals surface area contributed by atoms with Gasteiger partial charge in [-0.25, -0.2) is 0 Å². The van der Waals surface area contributed by atoms with Crippen molar-refractivity contribution < 1.29 is 19.4 Å². The van der Waals surface area contributed by atoms with Crippen molar-refractivity contribution >= 4 is 11.9 Å². The van der Waals surface area contributed by atoms with Crippen LogP contribution in [-0.4, -0.2) is 22.6 Å². The first-order valence-electron chi connectivity index (χ1n) is 10.1. The van der Waals surface area contributed by atoms with Crippen LogP contribution in [-0.2, 0) is 14.3 Å². The van der Waals surface area contributed by atoms with Crippen molar-refractivity contribution in [2.45, 2.75) is 108 Å². The van der Waals surface area contributed by atoms with E-state index in [1.807, 2.05) is 0 Å². The smallest absolute Gasteiger partial charge is 0.306 e. The summed E-state index contributed by atoms with van der Waals surface area (Å²) in [5.74, 6) is -0.366. The summed E-state index contributed by atoms with van der Waals surface area (Å²) in [6, 6.07) is 0. The van der Waals surface area contributed by atoms with Crippen LogP contribution in [0.3, 0.4) is 0 Å². The molecule has 1 N–H and O–H groups in total. The summed E-state index contributed by atoms with van der Waals surface area (Å²) >= 11 is 0. The summed E-state index contributed by atoms with van der Waals surface area (Å²) in [6.07, 6.45) is 16.1. The second kappa shape index (κ2) is 10.0. The number of rotatable bonds is 7. The molecule has 2 aliphatic carbocycles. The predicted molar refractivity (Wildman–Crippen MR) is 93.8 cm³/mol. The maximum absolute atomic E-state index is 12.4. The highest BCUT2D eigenvalue weighted by Crippen LogP contribution is 2.43. The highest BCUT2D eigenvalue weighted by atomic mass is 16.6. The van der Waals surface area contributed by atoms with Gasteiger partial charge in [0.25, 0.3) is 0 Å². The van der Waals surface area contributed by atoms with Gasteiger partial charge in [0, 0.05) is 12.8 Å². The Morgan fingerprint density at radius 2 is 1.38 bits per heavy atom. The highest BCUT2D eigenvalue weighted by molar-refractivity contribution is 5.70. The first-order chi connectivity index (χ1) is 11.6. The summed E-state index contributed by atoms with van der Waals surface area (Å²) in [5.41, 5.74) is -0.231. The number of unbranched alkanes of at least 4 members (excludes halogenated alkanes) is 1. The number of esters is 1. The number of carbonyl (C=O) groups is 2. The molecule has 0 radical (unpaired) electrons. The van der Waals surface area contributed by atoms with E-state index in [-0.39, 0.29) is 18.0 Å². The third-order valence-corrected chi connectivity index (χ3v) is 5.89. The van der Waals surface area contributed by atoms with Crippen molar-refractivity contribution in [3.63, 3.8) is 0 Å². The van der Waals surface area contributed by atoms with Crippen LogP contribution in [0.1, 0.15) is 103 Å². The van der Waals surface area contributed by atoms with Crippen molar-refractivity contribution in [2.24, 2.45) is 5.92 Å². The molecule has 0 aromatic heterocycles. The Kier molecular flexibility index (Phi) is 8.07. The van der Waals surface area contributed by atoms with Crippen molar-refractivity contribution in [2.75, 3.05) is 0 Å². The zero-order valence-electron chi connectivity index (χ0n) is 15.1. The van der Waals surface area contributed by atoms with Gasteiger partial charge in [-0.15, -0.1) is 0 Å². The molecule has 2 fully saturated rings. The lowest BCUT2D eigenvalue weighted by Gasteiger charge is -2.40. The van der Waals surface area contributed by atoms with E-state index >= 15 is 0 Å². The summed E-state index contributed by atoms with van der Waals surface area (Å²) < 4.78 is 6.17. The fourth-order valence-corrected chi connectivity index (χ4v) is 4.55. The molecule has 2 rings (SSSR count). The summed E-state index contributed by atoms with van der Waals surface area (Å²) in [5, 5.41) is 8.69. The van der Waals surface area contributed by atoms with Gasteiger partial charge in [0.1, 0.15) is 5.60 Å². The van der Waals surface area contributed by atoms with E-state index in [1.54, 1.807) is 0 Å². The average molecular weight is 338 g/mol. The van der Waals surface area contributed by atoms with Gasteiger partial charge >= 0.3 is 11.9 Å². The van der Waals surface area contributed by atoms with E-state index in [0.717, 1.165) is 12.8 Å². The Morgan fingerprint density at radius 3 is 1.96 bits per heavy atom. The maximum atomic E-state index is 12.4. The van der Waals surface area contributed by atoms with E-state index in [0.29, 0.717) is 25.2 Å². The van der Waals surface area contributed by atoms with Crippen molar-refractivity contribution in [1.29, 1.82) is 0 Å². The van der Waals surface area contributed by atoms with Crippen LogP contribution in [0.4, 0.5) is 0 Å². The number of carbonyl (C=O) groups excluding carboxylic acids is 1. The minimum absolute atomic E-state index is 0.105. The molecule has 24 heavy (non-hydrogen) atoms. The summed E-state index contributed by atoms with van der Waals surface area (Å²) in [4.78, 5) is 23.0. The van der Waals surface area contributed by atoms with Crippen LogP contribution in [0, 0.1) is 5.92 Å². The third-order valence-electron chi connectivity index (χ3n) is 5.89. The molecule has 0 aromatic carbocycles. The quantitative estimate of drug-likeness (QED) is 0.392. The van der Waals surface area contributed by atoms with Crippen LogP contribution < -0.4 is 0 Å². The van der Waals surface area contributed by atoms with Crippen LogP contribution in [0.25, 0.3) is 0 Å². The van der Waals surface area contributed by atoms with Gasteiger partial charge in [0.15, 0.2) is 0 Å².